The van der Waals surface area contributed by atoms with E-state index in [1.54, 1.807) is 24.7 Å². The highest BCUT2D eigenvalue weighted by atomic mass is 35.5. The van der Waals surface area contributed by atoms with Crippen LogP contribution in [0.25, 0.3) is 26.9 Å². The monoisotopic (exact) mass is 491 g/mol. The number of anilines is 2. The lowest BCUT2D eigenvalue weighted by molar-refractivity contribution is 0.301. The minimum absolute atomic E-state index is 0.200. The molecule has 1 N–H and O–H groups in total. The van der Waals surface area contributed by atoms with Gasteiger partial charge in [-0.1, -0.05) is 42.4 Å². The van der Waals surface area contributed by atoms with Crippen LogP contribution >= 0.6 is 11.6 Å². The number of pyridine rings is 3. The Balaban J connectivity index is 1.62. The first-order chi connectivity index (χ1) is 17.5. The summed E-state index contributed by atoms with van der Waals surface area (Å²) in [6.07, 6.45) is 5.06. The van der Waals surface area contributed by atoms with Gasteiger partial charge in [0.25, 0.3) is 5.82 Å². The predicted octanol–water partition coefficient (Wildman–Crippen LogP) is 7.84. The van der Waals surface area contributed by atoms with Gasteiger partial charge in [-0.05, 0) is 66.9 Å². The smallest absolute Gasteiger partial charge is 0.269 e. The number of halogens is 1. The summed E-state index contributed by atoms with van der Waals surface area (Å²) in [5.41, 5.74) is 7.23. The number of hydrogen-bond donors (Lipinski definition) is 1. The zero-order valence-electron chi connectivity index (χ0n) is 19.8. The van der Waals surface area contributed by atoms with Crippen molar-refractivity contribution in [2.45, 2.75) is 20.5 Å². The van der Waals surface area contributed by atoms with Crippen molar-refractivity contribution in [1.29, 1.82) is 0 Å². The molecule has 0 aliphatic carbocycles. The number of fused-ring (bicyclic) bond motifs is 1. The molecule has 3 aromatic heterocycles. The van der Waals surface area contributed by atoms with Crippen molar-refractivity contribution in [2.24, 2.45) is 0 Å². The Hall–Kier alpha value is -4.47. The predicted molar refractivity (Wildman–Crippen MR) is 144 cm³/mol. The van der Waals surface area contributed by atoms with Gasteiger partial charge in [0.2, 0.25) is 0 Å². The molecule has 5 rings (SSSR count). The van der Waals surface area contributed by atoms with Crippen LogP contribution in [-0.4, -0.2) is 15.0 Å². The fourth-order valence-corrected chi connectivity index (χ4v) is 4.15. The molecule has 0 amide bonds. The first-order valence-corrected chi connectivity index (χ1v) is 11.7. The standard InChI is InChI=1S/C29H22ClN5O/c1-18-6-7-19(2)25(13-18)35-29-23-14-20(21-9-11-27(31-3)33-15-21)8-10-24(23)34-26(28(29)30)17-36-22-5-4-12-32-16-22/h4-16H,17H2,1-2H3,(H,34,35). The van der Waals surface area contributed by atoms with Crippen molar-refractivity contribution in [3.63, 3.8) is 0 Å². The number of benzene rings is 2. The van der Waals surface area contributed by atoms with Crippen molar-refractivity contribution in [1.82, 2.24) is 15.0 Å². The molecule has 0 bridgehead atoms. The Morgan fingerprint density at radius 1 is 1.00 bits per heavy atom. The SMILES string of the molecule is [C-]#[N+]c1ccc(-c2ccc3nc(COc4cccnc4)c(Cl)c(Nc4cc(C)ccc4C)c3c2)cn1. The lowest BCUT2D eigenvalue weighted by Gasteiger charge is -2.18. The molecule has 0 fully saturated rings. The molecule has 176 valence electrons. The van der Waals surface area contributed by atoms with Crippen molar-refractivity contribution < 1.29 is 4.74 Å². The molecule has 0 atom stereocenters. The van der Waals surface area contributed by atoms with Crippen LogP contribution in [0.1, 0.15) is 16.8 Å². The molecule has 7 heteroatoms. The highest BCUT2D eigenvalue weighted by Gasteiger charge is 2.17. The zero-order valence-corrected chi connectivity index (χ0v) is 20.5. The number of hydrogen-bond acceptors (Lipinski definition) is 5. The number of nitrogens with zero attached hydrogens (tertiary/aromatic N) is 4. The van der Waals surface area contributed by atoms with E-state index in [1.165, 1.54) is 0 Å². The van der Waals surface area contributed by atoms with E-state index in [0.29, 0.717) is 22.3 Å². The molecule has 0 spiro atoms. The van der Waals surface area contributed by atoms with Gasteiger partial charge in [0, 0.05) is 22.8 Å². The normalized spacial score (nSPS) is 10.7. The number of rotatable bonds is 6. The third kappa shape index (κ3) is 4.83. The third-order valence-electron chi connectivity index (χ3n) is 5.85. The Morgan fingerprint density at radius 2 is 1.86 bits per heavy atom. The van der Waals surface area contributed by atoms with E-state index in [9.17, 15) is 0 Å². The summed E-state index contributed by atoms with van der Waals surface area (Å²) in [7, 11) is 0. The van der Waals surface area contributed by atoms with E-state index >= 15 is 0 Å². The van der Waals surface area contributed by atoms with E-state index < -0.39 is 0 Å². The number of ether oxygens (including phenoxy) is 1. The fraction of sp³-hybridized carbons (Fsp3) is 0.103. The molecule has 5 aromatic rings. The minimum atomic E-state index is 0.200. The first kappa shape index (κ1) is 23.3. The number of nitrogens with one attached hydrogen (secondary N) is 1. The fourth-order valence-electron chi connectivity index (χ4n) is 3.90. The molecule has 0 saturated heterocycles. The average Bonchev–Trinajstić information content (AvgIpc) is 2.91. The van der Waals surface area contributed by atoms with Gasteiger partial charge in [-0.25, -0.2) is 4.98 Å². The van der Waals surface area contributed by atoms with E-state index in [-0.39, 0.29) is 6.61 Å². The summed E-state index contributed by atoms with van der Waals surface area (Å²) >= 11 is 6.97. The molecule has 0 aliphatic rings. The topological polar surface area (TPSA) is 64.3 Å². The summed E-state index contributed by atoms with van der Waals surface area (Å²) in [4.78, 5) is 16.5. The molecule has 0 saturated carbocycles. The Kier molecular flexibility index (Phi) is 6.48. The molecule has 6 nitrogen and oxygen atoms in total. The highest BCUT2D eigenvalue weighted by Crippen LogP contribution is 2.38. The van der Waals surface area contributed by atoms with Gasteiger partial charge in [0.1, 0.15) is 18.6 Å². The summed E-state index contributed by atoms with van der Waals surface area (Å²) < 4.78 is 5.92. The lowest BCUT2D eigenvalue weighted by atomic mass is 10.0. The second-order valence-electron chi connectivity index (χ2n) is 8.42. The molecular formula is C29H22ClN5O. The van der Waals surface area contributed by atoms with E-state index in [0.717, 1.165) is 44.5 Å². The van der Waals surface area contributed by atoms with Gasteiger partial charge in [-0.15, -0.1) is 4.98 Å². The third-order valence-corrected chi connectivity index (χ3v) is 6.26. The van der Waals surface area contributed by atoms with Crippen LogP contribution in [0, 0.1) is 20.4 Å². The van der Waals surface area contributed by atoms with E-state index in [2.05, 4.69) is 52.2 Å². The van der Waals surface area contributed by atoms with Gasteiger partial charge in [0.15, 0.2) is 0 Å². The number of aryl methyl sites for hydroxylation is 2. The van der Waals surface area contributed by atoms with Crippen LogP contribution in [0.5, 0.6) is 5.75 Å². The maximum absolute atomic E-state index is 7.14. The largest absolute Gasteiger partial charge is 0.486 e. The van der Waals surface area contributed by atoms with Gasteiger partial charge >= 0.3 is 0 Å². The zero-order chi connectivity index (χ0) is 25.1. The molecule has 0 radical (unpaired) electrons. The van der Waals surface area contributed by atoms with Crippen LogP contribution in [-0.2, 0) is 6.61 Å². The molecule has 36 heavy (non-hydrogen) atoms. The number of aromatic nitrogens is 3. The molecule has 0 aliphatic heterocycles. The van der Waals surface area contributed by atoms with Crippen LogP contribution in [0.3, 0.4) is 0 Å². The second kappa shape index (κ2) is 10.0. The molecule has 0 unspecified atom stereocenters. The summed E-state index contributed by atoms with van der Waals surface area (Å²) in [5.74, 6) is 1.00. The molecule has 3 heterocycles. The van der Waals surface area contributed by atoms with Crippen molar-refractivity contribution in [3.8, 4) is 16.9 Å². The van der Waals surface area contributed by atoms with Crippen LogP contribution < -0.4 is 10.1 Å². The minimum Gasteiger partial charge on any atom is -0.486 e. The van der Waals surface area contributed by atoms with E-state index in [4.69, 9.17) is 27.9 Å². The molecular weight excluding hydrogens is 470 g/mol. The first-order valence-electron chi connectivity index (χ1n) is 11.3. The Bertz CT molecular complexity index is 1600. The summed E-state index contributed by atoms with van der Waals surface area (Å²) in [5, 5.41) is 4.93. The van der Waals surface area contributed by atoms with Gasteiger partial charge in [-0.2, -0.15) is 0 Å². The second-order valence-corrected chi connectivity index (χ2v) is 8.80. The van der Waals surface area contributed by atoms with Gasteiger partial charge in [-0.3, -0.25) is 4.98 Å². The van der Waals surface area contributed by atoms with E-state index in [1.807, 2.05) is 36.4 Å². The highest BCUT2D eigenvalue weighted by molar-refractivity contribution is 6.35. The molecule has 2 aromatic carbocycles. The van der Waals surface area contributed by atoms with Crippen molar-refractivity contribution >= 4 is 39.7 Å². The van der Waals surface area contributed by atoms with Gasteiger partial charge < -0.3 is 14.9 Å². The van der Waals surface area contributed by atoms with Crippen molar-refractivity contribution in [3.05, 3.63) is 113 Å². The van der Waals surface area contributed by atoms with Gasteiger partial charge in [0.05, 0.1) is 28.1 Å². The van der Waals surface area contributed by atoms with Crippen LogP contribution in [0.2, 0.25) is 5.02 Å². The van der Waals surface area contributed by atoms with Crippen molar-refractivity contribution in [2.75, 3.05) is 5.32 Å². The Labute approximate surface area is 214 Å². The lowest BCUT2D eigenvalue weighted by Crippen LogP contribution is -2.04. The Morgan fingerprint density at radius 3 is 2.61 bits per heavy atom. The maximum Gasteiger partial charge on any atom is 0.269 e. The average molecular weight is 492 g/mol. The quantitative estimate of drug-likeness (QED) is 0.245. The summed E-state index contributed by atoms with van der Waals surface area (Å²) in [6, 6.07) is 19.5. The van der Waals surface area contributed by atoms with Crippen LogP contribution in [0.4, 0.5) is 17.2 Å². The summed E-state index contributed by atoms with van der Waals surface area (Å²) in [6.45, 7) is 11.5. The maximum atomic E-state index is 7.14. The van der Waals surface area contributed by atoms with Crippen LogP contribution in [0.15, 0.2) is 79.3 Å².